The first kappa shape index (κ1) is 19.1. The summed E-state index contributed by atoms with van der Waals surface area (Å²) in [4.78, 5) is 8.62. The fraction of sp³-hybridized carbons (Fsp3) is 0.444. The summed E-state index contributed by atoms with van der Waals surface area (Å²) in [5, 5.41) is 7.29. The second-order valence-corrected chi connectivity index (χ2v) is 6.12. The Morgan fingerprint density at radius 2 is 2.12 bits per heavy atom. The molecule has 1 heterocycles. The number of nitrogens with one attached hydrogen (secondary N) is 2. The molecule has 136 valence electrons. The van der Waals surface area contributed by atoms with Crippen molar-refractivity contribution < 1.29 is 4.74 Å². The third kappa shape index (κ3) is 7.47. The van der Waals surface area contributed by atoms with Gasteiger partial charge in [-0.2, -0.15) is 0 Å². The Morgan fingerprint density at radius 3 is 2.80 bits per heavy atom. The van der Waals surface area contributed by atoms with Crippen molar-refractivity contribution in [2.75, 3.05) is 19.6 Å². The Hall–Kier alpha value is -2.21. The molecule has 0 radical (unpaired) electrons. The average Bonchev–Trinajstić information content (AvgIpc) is 3.12. The van der Waals surface area contributed by atoms with Gasteiger partial charge >= 0.3 is 0 Å². The lowest BCUT2D eigenvalue weighted by atomic mass is 10.3. The van der Waals surface area contributed by atoms with E-state index in [0.717, 1.165) is 37.8 Å². The highest BCUT2D eigenvalue weighted by Gasteiger charge is 2.05. The maximum Gasteiger partial charge on any atom is 0.191 e. The maximum absolute atomic E-state index is 5.88. The molecule has 25 heavy (non-hydrogen) atoms. The standard InChI is InChI=1S/C18H26ClN5O/c1-3-21-18(22-9-4-11-24-12-10-20-14-24)23-13-15(2)25-17-7-5-16(19)6-8-17/h5-8,10,12,14-15H,3-4,9,11,13H2,1-2H3,(H2,21,22,23). The zero-order chi connectivity index (χ0) is 17.9. The van der Waals surface area contributed by atoms with Crippen molar-refractivity contribution in [2.45, 2.75) is 32.9 Å². The topological polar surface area (TPSA) is 63.5 Å². The number of aryl methyl sites for hydroxylation is 1. The summed E-state index contributed by atoms with van der Waals surface area (Å²) in [5.74, 6) is 1.60. The molecule has 0 aliphatic heterocycles. The highest BCUT2D eigenvalue weighted by molar-refractivity contribution is 6.30. The minimum atomic E-state index is -0.0254. The molecule has 2 aromatic rings. The van der Waals surface area contributed by atoms with Gasteiger partial charge in [0, 0.05) is 37.1 Å². The van der Waals surface area contributed by atoms with Crippen molar-refractivity contribution in [1.29, 1.82) is 0 Å². The van der Waals surface area contributed by atoms with E-state index in [-0.39, 0.29) is 6.10 Å². The van der Waals surface area contributed by atoms with E-state index >= 15 is 0 Å². The Labute approximate surface area is 154 Å². The van der Waals surface area contributed by atoms with Gasteiger partial charge in [0.15, 0.2) is 5.96 Å². The highest BCUT2D eigenvalue weighted by atomic mass is 35.5. The van der Waals surface area contributed by atoms with Crippen LogP contribution in [0.3, 0.4) is 0 Å². The summed E-state index contributed by atoms with van der Waals surface area (Å²) in [7, 11) is 0. The molecule has 0 aliphatic rings. The number of rotatable bonds is 9. The van der Waals surface area contributed by atoms with Crippen molar-refractivity contribution in [2.24, 2.45) is 4.99 Å². The lowest BCUT2D eigenvalue weighted by molar-refractivity contribution is 0.230. The summed E-state index contributed by atoms with van der Waals surface area (Å²) >= 11 is 5.88. The van der Waals surface area contributed by atoms with E-state index < -0.39 is 0 Å². The van der Waals surface area contributed by atoms with Gasteiger partial charge in [-0.05, 0) is 44.5 Å². The molecule has 0 saturated carbocycles. The van der Waals surface area contributed by atoms with Gasteiger partial charge in [0.2, 0.25) is 0 Å². The fourth-order valence-corrected chi connectivity index (χ4v) is 2.36. The second-order valence-electron chi connectivity index (χ2n) is 5.68. The number of aromatic nitrogens is 2. The summed E-state index contributed by atoms with van der Waals surface area (Å²) in [6, 6.07) is 7.36. The minimum absolute atomic E-state index is 0.0254. The molecule has 0 bridgehead atoms. The van der Waals surface area contributed by atoms with Crippen LogP contribution in [-0.2, 0) is 6.54 Å². The van der Waals surface area contributed by atoms with Crippen molar-refractivity contribution in [1.82, 2.24) is 20.2 Å². The number of guanidine groups is 1. The third-order valence-electron chi connectivity index (χ3n) is 3.45. The number of nitrogens with zero attached hydrogens (tertiary/aromatic N) is 3. The minimum Gasteiger partial charge on any atom is -0.489 e. The number of hydrogen-bond donors (Lipinski definition) is 2. The molecule has 1 aromatic heterocycles. The van der Waals surface area contributed by atoms with E-state index in [4.69, 9.17) is 16.3 Å². The van der Waals surface area contributed by atoms with E-state index in [1.165, 1.54) is 0 Å². The van der Waals surface area contributed by atoms with Gasteiger partial charge in [-0.3, -0.25) is 0 Å². The lowest BCUT2D eigenvalue weighted by Gasteiger charge is -2.15. The van der Waals surface area contributed by atoms with E-state index in [1.807, 2.05) is 43.7 Å². The molecule has 6 nitrogen and oxygen atoms in total. The normalized spacial score (nSPS) is 12.7. The molecule has 2 N–H and O–H groups in total. The number of hydrogen-bond acceptors (Lipinski definition) is 3. The molecule has 1 unspecified atom stereocenters. The van der Waals surface area contributed by atoms with Gasteiger partial charge in [0.05, 0.1) is 12.9 Å². The predicted molar refractivity (Wildman–Crippen MR) is 102 cm³/mol. The van der Waals surface area contributed by atoms with Gasteiger partial charge in [-0.15, -0.1) is 0 Å². The molecule has 2 rings (SSSR count). The largest absolute Gasteiger partial charge is 0.489 e. The summed E-state index contributed by atoms with van der Waals surface area (Å²) in [6.45, 7) is 7.22. The fourth-order valence-electron chi connectivity index (χ4n) is 2.23. The summed E-state index contributed by atoms with van der Waals surface area (Å²) in [6.07, 6.45) is 6.56. The van der Waals surface area contributed by atoms with Crippen LogP contribution in [-0.4, -0.2) is 41.2 Å². The van der Waals surface area contributed by atoms with E-state index in [1.54, 1.807) is 6.20 Å². The van der Waals surface area contributed by atoms with E-state index in [9.17, 15) is 0 Å². The maximum atomic E-state index is 5.88. The molecule has 7 heteroatoms. The van der Waals surface area contributed by atoms with Gasteiger partial charge in [0.25, 0.3) is 0 Å². The first-order valence-corrected chi connectivity index (χ1v) is 8.95. The molecule has 0 spiro atoms. The van der Waals surface area contributed by atoms with Crippen LogP contribution in [0.2, 0.25) is 5.02 Å². The smallest absolute Gasteiger partial charge is 0.191 e. The quantitative estimate of drug-likeness (QED) is 0.408. The molecule has 1 atom stereocenters. The number of imidazole rings is 1. The first-order chi connectivity index (χ1) is 12.2. The number of ether oxygens (including phenoxy) is 1. The van der Waals surface area contributed by atoms with Crippen LogP contribution >= 0.6 is 11.6 Å². The molecular weight excluding hydrogens is 338 g/mol. The van der Waals surface area contributed by atoms with Crippen LogP contribution < -0.4 is 15.4 Å². The van der Waals surface area contributed by atoms with Crippen LogP contribution in [0.25, 0.3) is 0 Å². The van der Waals surface area contributed by atoms with Crippen LogP contribution in [0.4, 0.5) is 0 Å². The zero-order valence-electron chi connectivity index (χ0n) is 14.8. The van der Waals surface area contributed by atoms with Crippen LogP contribution in [0.15, 0.2) is 48.0 Å². The van der Waals surface area contributed by atoms with E-state index in [2.05, 4.69) is 32.1 Å². The molecule has 0 amide bonds. The van der Waals surface area contributed by atoms with Crippen LogP contribution in [0.5, 0.6) is 5.75 Å². The lowest BCUT2D eigenvalue weighted by Crippen LogP contribution is -2.38. The van der Waals surface area contributed by atoms with Crippen molar-refractivity contribution in [3.05, 3.63) is 48.0 Å². The molecule has 0 saturated heterocycles. The Balaban J connectivity index is 1.74. The Morgan fingerprint density at radius 1 is 1.32 bits per heavy atom. The van der Waals surface area contributed by atoms with Crippen LogP contribution in [0, 0.1) is 0 Å². The Bertz CT molecular complexity index is 627. The first-order valence-electron chi connectivity index (χ1n) is 8.57. The van der Waals surface area contributed by atoms with Gasteiger partial charge < -0.3 is 19.9 Å². The summed E-state index contributed by atoms with van der Waals surface area (Å²) in [5.41, 5.74) is 0. The molecule has 0 aliphatic carbocycles. The van der Waals surface area contributed by atoms with Gasteiger partial charge in [-0.25, -0.2) is 9.98 Å². The van der Waals surface area contributed by atoms with Crippen molar-refractivity contribution >= 4 is 17.6 Å². The number of halogens is 1. The monoisotopic (exact) mass is 363 g/mol. The molecule has 0 fully saturated rings. The zero-order valence-corrected chi connectivity index (χ0v) is 15.5. The van der Waals surface area contributed by atoms with Gasteiger partial charge in [-0.1, -0.05) is 11.6 Å². The highest BCUT2D eigenvalue weighted by Crippen LogP contribution is 2.16. The third-order valence-corrected chi connectivity index (χ3v) is 3.70. The molecule has 1 aromatic carbocycles. The Kier molecular flexibility index (Phi) is 8.12. The molecular formula is C18H26ClN5O. The van der Waals surface area contributed by atoms with Crippen molar-refractivity contribution in [3.63, 3.8) is 0 Å². The summed E-state index contributed by atoms with van der Waals surface area (Å²) < 4.78 is 7.90. The predicted octanol–water partition coefficient (Wildman–Crippen LogP) is 2.95. The SMILES string of the molecule is CCNC(=NCC(C)Oc1ccc(Cl)cc1)NCCCn1ccnc1. The number of aliphatic imine (C=N–C) groups is 1. The van der Waals surface area contributed by atoms with Gasteiger partial charge in [0.1, 0.15) is 11.9 Å². The average molecular weight is 364 g/mol. The van der Waals surface area contributed by atoms with E-state index in [0.29, 0.717) is 11.6 Å². The second kappa shape index (κ2) is 10.6. The van der Waals surface area contributed by atoms with Crippen LogP contribution in [0.1, 0.15) is 20.3 Å². The number of benzene rings is 1. The van der Waals surface area contributed by atoms with Crippen molar-refractivity contribution in [3.8, 4) is 5.75 Å².